The van der Waals surface area contributed by atoms with Crippen molar-refractivity contribution in [2.45, 2.75) is 11.3 Å². The lowest BCUT2D eigenvalue weighted by Crippen LogP contribution is -2.26. The first-order valence-corrected chi connectivity index (χ1v) is 7.62. The molecule has 6 nitrogen and oxygen atoms in total. The number of pyridine rings is 2. The minimum atomic E-state index is -3.52. The second-order valence-electron chi connectivity index (χ2n) is 4.14. The molecule has 0 atom stereocenters. The molecule has 0 aliphatic heterocycles. The Labute approximate surface area is 118 Å². The van der Waals surface area contributed by atoms with Gasteiger partial charge < -0.3 is 5.32 Å². The second-order valence-corrected chi connectivity index (χ2v) is 5.91. The van der Waals surface area contributed by atoms with Crippen LogP contribution in [0, 0.1) is 0 Å². The number of rotatable bonds is 6. The van der Waals surface area contributed by atoms with E-state index in [0.717, 1.165) is 5.56 Å². The van der Waals surface area contributed by atoms with E-state index in [1.807, 2.05) is 12.1 Å². The van der Waals surface area contributed by atoms with Crippen molar-refractivity contribution < 1.29 is 8.42 Å². The van der Waals surface area contributed by atoms with E-state index in [9.17, 15) is 8.42 Å². The van der Waals surface area contributed by atoms with Crippen molar-refractivity contribution in [2.75, 3.05) is 18.9 Å². The summed E-state index contributed by atoms with van der Waals surface area (Å²) in [6, 6.07) is 6.87. The van der Waals surface area contributed by atoms with Crippen LogP contribution in [0.5, 0.6) is 0 Å². The fourth-order valence-electron chi connectivity index (χ4n) is 1.65. The maximum absolute atomic E-state index is 12.0. The molecule has 0 amide bonds. The Hall–Kier alpha value is -1.99. The van der Waals surface area contributed by atoms with E-state index in [1.54, 1.807) is 25.5 Å². The van der Waals surface area contributed by atoms with Crippen molar-refractivity contribution in [3.8, 4) is 0 Å². The van der Waals surface area contributed by atoms with Crippen molar-refractivity contribution in [2.24, 2.45) is 0 Å². The van der Waals surface area contributed by atoms with E-state index in [4.69, 9.17) is 0 Å². The van der Waals surface area contributed by atoms with Gasteiger partial charge in [-0.05, 0) is 30.2 Å². The van der Waals surface area contributed by atoms with Crippen molar-refractivity contribution in [1.29, 1.82) is 0 Å². The summed E-state index contributed by atoms with van der Waals surface area (Å²) in [6.07, 6.45) is 5.33. The Balaban J connectivity index is 1.96. The number of sulfonamides is 1. The lowest BCUT2D eigenvalue weighted by Gasteiger charge is -2.07. The number of anilines is 1. The third-order valence-electron chi connectivity index (χ3n) is 2.73. The zero-order chi connectivity index (χ0) is 14.4. The molecule has 7 heteroatoms. The summed E-state index contributed by atoms with van der Waals surface area (Å²) >= 11 is 0. The highest BCUT2D eigenvalue weighted by Crippen LogP contribution is 2.10. The summed E-state index contributed by atoms with van der Waals surface area (Å²) < 4.78 is 26.6. The first-order chi connectivity index (χ1) is 9.62. The van der Waals surface area contributed by atoms with E-state index in [0.29, 0.717) is 18.8 Å². The van der Waals surface area contributed by atoms with Gasteiger partial charge >= 0.3 is 0 Å². The molecular formula is C13H16N4O2S. The number of hydrogen-bond acceptors (Lipinski definition) is 5. The Morgan fingerprint density at radius 1 is 1.20 bits per heavy atom. The van der Waals surface area contributed by atoms with E-state index < -0.39 is 10.0 Å². The summed E-state index contributed by atoms with van der Waals surface area (Å²) in [5.74, 6) is 0.624. The standard InChI is InChI=1S/C13H16N4O2S/c1-14-13-5-4-12(10-16-13)20(18,19)17-8-6-11-3-2-7-15-9-11/h2-5,7,9-10,17H,6,8H2,1H3,(H,14,16). The third kappa shape index (κ3) is 3.75. The average Bonchev–Trinajstić information content (AvgIpc) is 2.48. The molecule has 0 aliphatic rings. The van der Waals surface area contributed by atoms with Gasteiger partial charge in [-0.25, -0.2) is 18.1 Å². The lowest BCUT2D eigenvalue weighted by atomic mass is 10.2. The average molecular weight is 292 g/mol. The zero-order valence-corrected chi connectivity index (χ0v) is 11.9. The zero-order valence-electron chi connectivity index (χ0n) is 11.1. The van der Waals surface area contributed by atoms with Gasteiger partial charge in [0, 0.05) is 32.2 Å². The Kier molecular flexibility index (Phi) is 4.65. The van der Waals surface area contributed by atoms with Crippen LogP contribution in [0.25, 0.3) is 0 Å². The quantitative estimate of drug-likeness (QED) is 0.831. The van der Waals surface area contributed by atoms with Crippen LogP contribution in [0.2, 0.25) is 0 Å². The van der Waals surface area contributed by atoms with E-state index in [-0.39, 0.29) is 4.90 Å². The summed E-state index contributed by atoms with van der Waals surface area (Å²) in [4.78, 5) is 8.13. The van der Waals surface area contributed by atoms with Gasteiger partial charge in [0.05, 0.1) is 0 Å². The van der Waals surface area contributed by atoms with Crippen LogP contribution < -0.4 is 10.0 Å². The Morgan fingerprint density at radius 3 is 2.65 bits per heavy atom. The number of hydrogen-bond donors (Lipinski definition) is 2. The minimum absolute atomic E-state index is 0.155. The van der Waals surface area contributed by atoms with Gasteiger partial charge in [0.2, 0.25) is 10.0 Å². The molecule has 0 bridgehead atoms. The van der Waals surface area contributed by atoms with Gasteiger partial charge in [-0.3, -0.25) is 4.98 Å². The molecular weight excluding hydrogens is 276 g/mol. The largest absolute Gasteiger partial charge is 0.373 e. The fraction of sp³-hybridized carbons (Fsp3) is 0.231. The van der Waals surface area contributed by atoms with Crippen molar-refractivity contribution in [1.82, 2.24) is 14.7 Å². The molecule has 0 fully saturated rings. The van der Waals surface area contributed by atoms with Crippen molar-refractivity contribution in [3.05, 3.63) is 48.4 Å². The van der Waals surface area contributed by atoms with Crippen LogP contribution in [-0.2, 0) is 16.4 Å². The van der Waals surface area contributed by atoms with Crippen LogP contribution in [0.1, 0.15) is 5.56 Å². The number of nitrogens with one attached hydrogen (secondary N) is 2. The summed E-state index contributed by atoms with van der Waals surface area (Å²) in [5.41, 5.74) is 0.985. The Morgan fingerprint density at radius 2 is 2.05 bits per heavy atom. The molecule has 2 aromatic rings. The van der Waals surface area contributed by atoms with Crippen LogP contribution >= 0.6 is 0 Å². The van der Waals surface area contributed by atoms with Crippen molar-refractivity contribution >= 4 is 15.8 Å². The maximum Gasteiger partial charge on any atom is 0.242 e. The molecule has 0 unspecified atom stereocenters. The van der Waals surface area contributed by atoms with Crippen LogP contribution in [0.3, 0.4) is 0 Å². The Bertz CT molecular complexity index is 642. The monoisotopic (exact) mass is 292 g/mol. The first kappa shape index (κ1) is 14.4. The fourth-order valence-corrected chi connectivity index (χ4v) is 2.62. The predicted molar refractivity (Wildman–Crippen MR) is 76.9 cm³/mol. The van der Waals surface area contributed by atoms with Crippen LogP contribution in [0.4, 0.5) is 5.82 Å². The third-order valence-corrected chi connectivity index (χ3v) is 4.18. The van der Waals surface area contributed by atoms with Crippen LogP contribution in [-0.4, -0.2) is 32.0 Å². The van der Waals surface area contributed by atoms with Gasteiger partial charge in [0.15, 0.2) is 0 Å². The molecule has 0 saturated carbocycles. The summed E-state index contributed by atoms with van der Waals surface area (Å²) in [6.45, 7) is 0.321. The van der Waals surface area contributed by atoms with E-state index >= 15 is 0 Å². The maximum atomic E-state index is 12.0. The SMILES string of the molecule is CNc1ccc(S(=O)(=O)NCCc2cccnc2)cn1. The van der Waals surface area contributed by atoms with Crippen molar-refractivity contribution in [3.63, 3.8) is 0 Å². The van der Waals surface area contributed by atoms with Crippen LogP contribution in [0.15, 0.2) is 47.8 Å². The van der Waals surface area contributed by atoms with Gasteiger partial charge in [-0.1, -0.05) is 6.07 Å². The second kappa shape index (κ2) is 6.44. The highest BCUT2D eigenvalue weighted by molar-refractivity contribution is 7.89. The molecule has 2 rings (SSSR count). The molecule has 0 spiro atoms. The molecule has 0 radical (unpaired) electrons. The van der Waals surface area contributed by atoms with Gasteiger partial charge in [-0.2, -0.15) is 0 Å². The van der Waals surface area contributed by atoms with Gasteiger partial charge in [-0.15, -0.1) is 0 Å². The molecule has 20 heavy (non-hydrogen) atoms. The summed E-state index contributed by atoms with van der Waals surface area (Å²) in [7, 11) is -1.79. The lowest BCUT2D eigenvalue weighted by molar-refractivity contribution is 0.581. The molecule has 0 saturated heterocycles. The molecule has 2 N–H and O–H groups in total. The van der Waals surface area contributed by atoms with E-state index in [2.05, 4.69) is 20.0 Å². The van der Waals surface area contributed by atoms with E-state index in [1.165, 1.54) is 12.3 Å². The first-order valence-electron chi connectivity index (χ1n) is 6.14. The highest BCUT2D eigenvalue weighted by atomic mass is 32.2. The molecule has 2 aromatic heterocycles. The molecule has 2 heterocycles. The van der Waals surface area contributed by atoms with Gasteiger partial charge in [0.25, 0.3) is 0 Å². The molecule has 0 aliphatic carbocycles. The summed E-state index contributed by atoms with van der Waals surface area (Å²) in [5, 5.41) is 2.84. The number of aromatic nitrogens is 2. The highest BCUT2D eigenvalue weighted by Gasteiger charge is 2.13. The normalized spacial score (nSPS) is 11.2. The minimum Gasteiger partial charge on any atom is -0.373 e. The topological polar surface area (TPSA) is 84.0 Å². The van der Waals surface area contributed by atoms with Gasteiger partial charge in [0.1, 0.15) is 10.7 Å². The number of nitrogens with zero attached hydrogens (tertiary/aromatic N) is 2. The molecule has 0 aromatic carbocycles. The molecule has 106 valence electrons. The predicted octanol–water partition coefficient (Wildman–Crippen LogP) is 1.04. The smallest absolute Gasteiger partial charge is 0.242 e.